The highest BCUT2D eigenvalue weighted by atomic mass is 16.4. The van der Waals surface area contributed by atoms with Gasteiger partial charge in [0, 0.05) is 6.42 Å². The van der Waals surface area contributed by atoms with Crippen LogP contribution in [0.4, 0.5) is 0 Å². The molecule has 2 atom stereocenters. The number of aliphatic carboxylic acids is 1. The Kier molecular flexibility index (Phi) is 5.78. The molecule has 2 N–H and O–H groups in total. The average molecular weight is 380 g/mol. The minimum atomic E-state index is -1.13. The van der Waals surface area contributed by atoms with Crippen molar-refractivity contribution >= 4 is 22.8 Å². The monoisotopic (exact) mass is 380 g/mol. The Balaban J connectivity index is 2.03. The molecule has 3 rings (SSSR count). The first kappa shape index (κ1) is 19.2. The van der Waals surface area contributed by atoms with Gasteiger partial charge in [-0.2, -0.15) is 4.68 Å². The molecular formula is C20H20N4O4. The normalized spacial score (nSPS) is 13.0. The van der Waals surface area contributed by atoms with Crippen LogP contribution in [0.1, 0.15) is 24.9 Å². The molecule has 28 heavy (non-hydrogen) atoms. The Morgan fingerprint density at radius 3 is 2.46 bits per heavy atom. The summed E-state index contributed by atoms with van der Waals surface area (Å²) in [6.45, 7) is 1.66. The Bertz CT molecular complexity index is 1050. The van der Waals surface area contributed by atoms with Gasteiger partial charge in [-0.25, -0.2) is 4.79 Å². The lowest BCUT2D eigenvalue weighted by atomic mass is 10.0. The molecule has 0 saturated heterocycles. The van der Waals surface area contributed by atoms with E-state index < -0.39 is 29.5 Å². The summed E-state index contributed by atoms with van der Waals surface area (Å²) in [5.74, 6) is -1.73. The molecule has 0 saturated carbocycles. The third-order valence-electron chi connectivity index (χ3n) is 4.48. The maximum absolute atomic E-state index is 12.9. The van der Waals surface area contributed by atoms with Gasteiger partial charge in [0.05, 0.1) is 5.39 Å². The van der Waals surface area contributed by atoms with E-state index >= 15 is 0 Å². The summed E-state index contributed by atoms with van der Waals surface area (Å²) in [7, 11) is 0. The number of rotatable bonds is 7. The van der Waals surface area contributed by atoms with Gasteiger partial charge in [0.1, 0.15) is 17.6 Å². The number of carboxylic acid groups (broad SMARTS) is 1. The maximum atomic E-state index is 12.9. The van der Waals surface area contributed by atoms with Gasteiger partial charge in [0.15, 0.2) is 0 Å². The first-order valence-corrected chi connectivity index (χ1v) is 8.92. The van der Waals surface area contributed by atoms with Gasteiger partial charge in [-0.05, 0) is 24.1 Å². The molecule has 144 valence electrons. The van der Waals surface area contributed by atoms with Crippen LogP contribution in [0, 0.1) is 0 Å². The van der Waals surface area contributed by atoms with Gasteiger partial charge in [-0.3, -0.25) is 9.59 Å². The lowest BCUT2D eigenvalue weighted by Crippen LogP contribution is -2.46. The molecule has 1 heterocycles. The zero-order valence-corrected chi connectivity index (χ0v) is 15.3. The molecule has 1 aromatic heterocycles. The molecule has 0 aliphatic carbocycles. The van der Waals surface area contributed by atoms with E-state index in [2.05, 4.69) is 15.6 Å². The third-order valence-corrected chi connectivity index (χ3v) is 4.48. The van der Waals surface area contributed by atoms with Crippen molar-refractivity contribution in [3.8, 4) is 0 Å². The molecule has 0 fully saturated rings. The summed E-state index contributed by atoms with van der Waals surface area (Å²) in [4.78, 5) is 37.1. The van der Waals surface area contributed by atoms with Crippen LogP contribution in [0.2, 0.25) is 0 Å². The number of carbonyl (C=O) groups excluding carboxylic acids is 1. The van der Waals surface area contributed by atoms with Gasteiger partial charge in [-0.1, -0.05) is 54.6 Å². The smallest absolute Gasteiger partial charge is 0.326 e. The van der Waals surface area contributed by atoms with Crippen molar-refractivity contribution < 1.29 is 14.7 Å². The SMILES string of the molecule is CC[C@H](NC(=O)[C@H](Cc1ccccc1)n1nnc2ccccc2c1=O)C(=O)O. The zero-order valence-electron chi connectivity index (χ0n) is 15.3. The Hall–Kier alpha value is -3.55. The number of aromatic nitrogens is 3. The van der Waals surface area contributed by atoms with Crippen LogP contribution in [-0.4, -0.2) is 38.0 Å². The van der Waals surface area contributed by atoms with Crippen molar-refractivity contribution in [2.45, 2.75) is 31.8 Å². The second kappa shape index (κ2) is 8.43. The lowest BCUT2D eigenvalue weighted by Gasteiger charge is -2.20. The summed E-state index contributed by atoms with van der Waals surface area (Å²) in [5.41, 5.74) is 0.789. The Labute approximate surface area is 160 Å². The van der Waals surface area contributed by atoms with E-state index in [1.54, 1.807) is 31.2 Å². The molecule has 3 aromatic rings. The van der Waals surface area contributed by atoms with E-state index in [9.17, 15) is 19.5 Å². The largest absolute Gasteiger partial charge is 0.480 e. The minimum Gasteiger partial charge on any atom is -0.480 e. The van der Waals surface area contributed by atoms with Gasteiger partial charge >= 0.3 is 5.97 Å². The number of hydrogen-bond donors (Lipinski definition) is 2. The molecule has 0 bridgehead atoms. The van der Waals surface area contributed by atoms with Crippen molar-refractivity contribution in [1.82, 2.24) is 20.3 Å². The second-order valence-corrected chi connectivity index (χ2v) is 6.37. The number of fused-ring (bicyclic) bond motifs is 1. The van der Waals surface area contributed by atoms with Crippen LogP contribution in [0.5, 0.6) is 0 Å². The van der Waals surface area contributed by atoms with Crippen LogP contribution in [0.15, 0.2) is 59.4 Å². The molecule has 8 heteroatoms. The van der Waals surface area contributed by atoms with Crippen molar-refractivity contribution in [2.75, 3.05) is 0 Å². The number of carbonyl (C=O) groups is 2. The molecule has 0 unspecified atom stereocenters. The van der Waals surface area contributed by atoms with E-state index in [1.165, 1.54) is 0 Å². The van der Waals surface area contributed by atoms with Crippen LogP contribution >= 0.6 is 0 Å². The Morgan fingerprint density at radius 1 is 1.11 bits per heavy atom. The van der Waals surface area contributed by atoms with Gasteiger partial charge in [0.2, 0.25) is 5.91 Å². The molecule has 0 aliphatic heterocycles. The maximum Gasteiger partial charge on any atom is 0.326 e. The van der Waals surface area contributed by atoms with Crippen molar-refractivity contribution in [2.24, 2.45) is 0 Å². The highest BCUT2D eigenvalue weighted by Crippen LogP contribution is 2.14. The Morgan fingerprint density at radius 2 is 1.79 bits per heavy atom. The molecule has 1 amide bonds. The van der Waals surface area contributed by atoms with Crippen molar-refractivity contribution in [3.05, 3.63) is 70.5 Å². The first-order chi connectivity index (χ1) is 13.5. The summed E-state index contributed by atoms with van der Waals surface area (Å²) < 4.78 is 1.03. The van der Waals surface area contributed by atoms with E-state index in [4.69, 9.17) is 0 Å². The van der Waals surface area contributed by atoms with E-state index in [-0.39, 0.29) is 12.8 Å². The number of carboxylic acids is 1. The van der Waals surface area contributed by atoms with E-state index in [0.29, 0.717) is 10.9 Å². The van der Waals surface area contributed by atoms with Crippen molar-refractivity contribution in [3.63, 3.8) is 0 Å². The predicted octanol–water partition coefficient (Wildman–Crippen LogP) is 1.55. The summed E-state index contributed by atoms with van der Waals surface area (Å²) in [5, 5.41) is 20.1. The second-order valence-electron chi connectivity index (χ2n) is 6.37. The highest BCUT2D eigenvalue weighted by Gasteiger charge is 2.28. The molecule has 0 aliphatic rings. The molecule has 0 radical (unpaired) electrons. The number of nitrogens with one attached hydrogen (secondary N) is 1. The van der Waals surface area contributed by atoms with E-state index in [0.717, 1.165) is 10.2 Å². The standard InChI is InChI=1S/C20H20N4O4/c1-2-15(20(27)28)21-18(25)17(12-13-8-4-3-5-9-13)24-19(26)14-10-6-7-11-16(14)22-23-24/h3-11,15,17H,2,12H2,1H3,(H,21,25)(H,27,28)/t15-,17-/m0/s1. The fraction of sp³-hybridized carbons (Fsp3) is 0.250. The number of nitrogens with zero attached hydrogens (tertiary/aromatic N) is 3. The summed E-state index contributed by atoms with van der Waals surface area (Å²) >= 11 is 0. The number of amides is 1. The molecule has 2 aromatic carbocycles. The minimum absolute atomic E-state index is 0.176. The topological polar surface area (TPSA) is 114 Å². The molecule has 0 spiro atoms. The zero-order chi connectivity index (χ0) is 20.1. The van der Waals surface area contributed by atoms with Crippen LogP contribution in [-0.2, 0) is 16.0 Å². The molecule has 8 nitrogen and oxygen atoms in total. The summed E-state index contributed by atoms with van der Waals surface area (Å²) in [6.07, 6.45) is 0.396. The molecular weight excluding hydrogens is 360 g/mol. The van der Waals surface area contributed by atoms with Crippen LogP contribution in [0.25, 0.3) is 10.9 Å². The quantitative estimate of drug-likeness (QED) is 0.643. The van der Waals surface area contributed by atoms with E-state index in [1.807, 2.05) is 30.3 Å². The average Bonchev–Trinajstić information content (AvgIpc) is 2.71. The number of benzene rings is 2. The van der Waals surface area contributed by atoms with Gasteiger partial charge in [-0.15, -0.1) is 5.10 Å². The lowest BCUT2D eigenvalue weighted by molar-refractivity contribution is -0.142. The fourth-order valence-corrected chi connectivity index (χ4v) is 2.94. The first-order valence-electron chi connectivity index (χ1n) is 8.92. The third kappa shape index (κ3) is 4.06. The highest BCUT2D eigenvalue weighted by molar-refractivity contribution is 5.86. The number of hydrogen-bond acceptors (Lipinski definition) is 5. The van der Waals surface area contributed by atoms with Gasteiger partial charge in [0.25, 0.3) is 5.56 Å². The van der Waals surface area contributed by atoms with Gasteiger partial charge < -0.3 is 10.4 Å². The van der Waals surface area contributed by atoms with Crippen LogP contribution < -0.4 is 10.9 Å². The van der Waals surface area contributed by atoms with Crippen molar-refractivity contribution in [1.29, 1.82) is 0 Å². The summed E-state index contributed by atoms with van der Waals surface area (Å²) in [6, 6.07) is 13.8. The van der Waals surface area contributed by atoms with Crippen LogP contribution in [0.3, 0.4) is 0 Å². The fourth-order valence-electron chi connectivity index (χ4n) is 2.94. The predicted molar refractivity (Wildman–Crippen MR) is 103 cm³/mol.